The van der Waals surface area contributed by atoms with E-state index >= 15 is 0 Å². The highest BCUT2D eigenvalue weighted by atomic mass is 35.5. The smallest absolute Gasteiger partial charge is 0.242 e. The molecule has 11 heteroatoms. The standard InChI is InChI=1S/C20H13ClF3N3O2S2/c1-31(28,29)19-9-6-14(11-25-19)27-15(10-17(26-27)20(22,23)24)12-2-4-13(5-3-12)16-7-8-18(21)30-16/h2-11H,1H3. The SMILES string of the molecule is CS(=O)(=O)c1ccc(-n2nc(C(F)(F)F)cc2-c2ccc(-c3ccc(Cl)s3)cc2)cn1. The molecule has 5 nitrogen and oxygen atoms in total. The quantitative estimate of drug-likeness (QED) is 0.371. The Morgan fingerprint density at radius 3 is 2.19 bits per heavy atom. The topological polar surface area (TPSA) is 64.8 Å². The van der Waals surface area contributed by atoms with Gasteiger partial charge >= 0.3 is 6.18 Å². The zero-order valence-electron chi connectivity index (χ0n) is 15.8. The summed E-state index contributed by atoms with van der Waals surface area (Å²) < 4.78 is 65.0. The van der Waals surface area contributed by atoms with Crippen LogP contribution in [0, 0.1) is 0 Å². The van der Waals surface area contributed by atoms with Crippen molar-refractivity contribution in [2.45, 2.75) is 11.2 Å². The van der Waals surface area contributed by atoms with Gasteiger partial charge in [-0.25, -0.2) is 18.1 Å². The Bertz CT molecular complexity index is 1340. The summed E-state index contributed by atoms with van der Waals surface area (Å²) in [5.41, 5.74) is 0.705. The lowest BCUT2D eigenvalue weighted by Gasteiger charge is -2.08. The minimum Gasteiger partial charge on any atom is -0.242 e. The van der Waals surface area contributed by atoms with Gasteiger partial charge in [-0.2, -0.15) is 18.3 Å². The summed E-state index contributed by atoms with van der Waals surface area (Å²) in [6.07, 6.45) is -2.47. The molecule has 3 heterocycles. The van der Waals surface area contributed by atoms with Crippen molar-refractivity contribution in [2.24, 2.45) is 0 Å². The van der Waals surface area contributed by atoms with Crippen molar-refractivity contribution < 1.29 is 21.6 Å². The van der Waals surface area contributed by atoms with Crippen molar-refractivity contribution in [3.63, 3.8) is 0 Å². The number of nitrogens with zero attached hydrogens (tertiary/aromatic N) is 3. The number of halogens is 4. The molecule has 0 saturated heterocycles. The van der Waals surface area contributed by atoms with Crippen molar-refractivity contribution in [3.05, 3.63) is 70.8 Å². The normalized spacial score (nSPS) is 12.3. The van der Waals surface area contributed by atoms with Crippen LogP contribution in [-0.4, -0.2) is 29.4 Å². The Balaban J connectivity index is 1.79. The molecule has 4 aromatic rings. The fourth-order valence-electron chi connectivity index (χ4n) is 2.91. The first-order valence-electron chi connectivity index (χ1n) is 8.72. The van der Waals surface area contributed by atoms with Gasteiger partial charge in [0.25, 0.3) is 0 Å². The zero-order chi connectivity index (χ0) is 22.4. The maximum absolute atomic E-state index is 13.3. The van der Waals surface area contributed by atoms with E-state index in [0.717, 1.165) is 27.4 Å². The molecular weight excluding hydrogens is 471 g/mol. The molecule has 0 spiro atoms. The molecule has 0 unspecified atom stereocenters. The van der Waals surface area contributed by atoms with Crippen molar-refractivity contribution in [1.29, 1.82) is 0 Å². The number of pyridine rings is 1. The lowest BCUT2D eigenvalue weighted by atomic mass is 10.1. The second-order valence-corrected chi connectivity index (χ2v) is 10.3. The lowest BCUT2D eigenvalue weighted by molar-refractivity contribution is -0.141. The van der Waals surface area contributed by atoms with Gasteiger partial charge in [-0.05, 0) is 35.9 Å². The zero-order valence-corrected chi connectivity index (χ0v) is 18.1. The van der Waals surface area contributed by atoms with E-state index in [1.54, 1.807) is 30.3 Å². The summed E-state index contributed by atoms with van der Waals surface area (Å²) in [7, 11) is -3.54. The predicted molar refractivity (Wildman–Crippen MR) is 113 cm³/mol. The summed E-state index contributed by atoms with van der Waals surface area (Å²) in [5, 5.41) is 3.51. The molecule has 0 aliphatic carbocycles. The van der Waals surface area contributed by atoms with Gasteiger partial charge in [0.1, 0.15) is 0 Å². The summed E-state index contributed by atoms with van der Waals surface area (Å²) in [6, 6.07) is 14.1. The second-order valence-electron chi connectivity index (χ2n) is 6.63. The highest BCUT2D eigenvalue weighted by molar-refractivity contribution is 7.90. The molecule has 0 N–H and O–H groups in total. The molecule has 0 fully saturated rings. The van der Waals surface area contributed by atoms with Gasteiger partial charge in [-0.1, -0.05) is 35.9 Å². The van der Waals surface area contributed by atoms with Crippen molar-refractivity contribution in [3.8, 4) is 27.4 Å². The molecular formula is C20H13ClF3N3O2S2. The Hall–Kier alpha value is -2.69. The number of rotatable bonds is 4. The minimum atomic E-state index is -4.65. The molecule has 0 amide bonds. The molecule has 0 radical (unpaired) electrons. The lowest BCUT2D eigenvalue weighted by Crippen LogP contribution is -2.08. The largest absolute Gasteiger partial charge is 0.435 e. The molecule has 0 saturated carbocycles. The number of aromatic nitrogens is 3. The Labute approximate surface area is 184 Å². The summed E-state index contributed by atoms with van der Waals surface area (Å²) in [6.45, 7) is 0. The van der Waals surface area contributed by atoms with Gasteiger partial charge in [-0.3, -0.25) is 0 Å². The second kappa shape index (κ2) is 7.77. The van der Waals surface area contributed by atoms with Crippen molar-refractivity contribution in [2.75, 3.05) is 6.26 Å². The van der Waals surface area contributed by atoms with E-state index in [9.17, 15) is 21.6 Å². The third-order valence-corrected chi connectivity index (χ3v) is 6.66. The fraction of sp³-hybridized carbons (Fsp3) is 0.100. The number of hydrogen-bond donors (Lipinski definition) is 0. The van der Waals surface area contributed by atoms with Crippen LogP contribution in [0.5, 0.6) is 0 Å². The highest BCUT2D eigenvalue weighted by Crippen LogP contribution is 2.35. The third kappa shape index (κ3) is 4.51. The van der Waals surface area contributed by atoms with Crippen LogP contribution >= 0.6 is 22.9 Å². The van der Waals surface area contributed by atoms with E-state index in [-0.39, 0.29) is 16.4 Å². The van der Waals surface area contributed by atoms with E-state index in [0.29, 0.717) is 9.90 Å². The molecule has 1 aromatic carbocycles. The van der Waals surface area contributed by atoms with Gasteiger partial charge in [0.05, 0.1) is 21.9 Å². The molecule has 3 aromatic heterocycles. The Morgan fingerprint density at radius 1 is 1.00 bits per heavy atom. The monoisotopic (exact) mass is 483 g/mol. The van der Waals surface area contributed by atoms with Gasteiger partial charge in [0, 0.05) is 16.7 Å². The van der Waals surface area contributed by atoms with Crippen LogP contribution in [-0.2, 0) is 16.0 Å². The molecule has 4 rings (SSSR count). The molecule has 160 valence electrons. The maximum atomic E-state index is 13.3. The maximum Gasteiger partial charge on any atom is 0.435 e. The van der Waals surface area contributed by atoms with Crippen molar-refractivity contribution in [1.82, 2.24) is 14.8 Å². The first-order valence-corrected chi connectivity index (χ1v) is 11.8. The Morgan fingerprint density at radius 2 is 1.68 bits per heavy atom. The highest BCUT2D eigenvalue weighted by Gasteiger charge is 2.35. The van der Waals surface area contributed by atoms with Crippen LogP contribution in [0.2, 0.25) is 4.34 Å². The van der Waals surface area contributed by atoms with Crippen LogP contribution in [0.3, 0.4) is 0 Å². The van der Waals surface area contributed by atoms with Crippen LogP contribution in [0.25, 0.3) is 27.4 Å². The van der Waals surface area contributed by atoms with E-state index in [1.807, 2.05) is 6.07 Å². The van der Waals surface area contributed by atoms with Gasteiger partial charge in [-0.15, -0.1) is 11.3 Å². The first kappa shape index (κ1) is 21.5. The molecule has 0 aliphatic rings. The van der Waals surface area contributed by atoms with E-state index in [4.69, 9.17) is 11.6 Å². The number of alkyl halides is 3. The summed E-state index contributed by atoms with van der Waals surface area (Å²) in [5.74, 6) is 0. The van der Waals surface area contributed by atoms with Crippen molar-refractivity contribution >= 4 is 32.8 Å². The first-order chi connectivity index (χ1) is 14.5. The van der Waals surface area contributed by atoms with Crippen LogP contribution in [0.15, 0.2) is 65.8 Å². The number of thiophene rings is 1. The average Bonchev–Trinajstić information content (AvgIpc) is 3.34. The van der Waals surface area contributed by atoms with Crippen LogP contribution < -0.4 is 0 Å². The summed E-state index contributed by atoms with van der Waals surface area (Å²) >= 11 is 7.36. The van der Waals surface area contributed by atoms with Gasteiger partial charge in [0.2, 0.25) is 0 Å². The van der Waals surface area contributed by atoms with Gasteiger partial charge < -0.3 is 0 Å². The number of hydrogen-bond acceptors (Lipinski definition) is 5. The molecule has 0 aliphatic heterocycles. The minimum absolute atomic E-state index is 0.181. The third-order valence-electron chi connectivity index (χ3n) is 4.38. The van der Waals surface area contributed by atoms with E-state index in [1.165, 1.54) is 29.7 Å². The van der Waals surface area contributed by atoms with E-state index < -0.39 is 21.7 Å². The average molecular weight is 484 g/mol. The number of benzene rings is 1. The van der Waals surface area contributed by atoms with Crippen LogP contribution in [0.4, 0.5) is 13.2 Å². The fourth-order valence-corrected chi connectivity index (χ4v) is 4.52. The van der Waals surface area contributed by atoms with Gasteiger partial charge in [0.15, 0.2) is 20.6 Å². The molecule has 0 atom stereocenters. The molecule has 31 heavy (non-hydrogen) atoms. The Kier molecular flexibility index (Phi) is 5.40. The van der Waals surface area contributed by atoms with Crippen LogP contribution in [0.1, 0.15) is 5.69 Å². The molecule has 0 bridgehead atoms. The number of sulfone groups is 1. The predicted octanol–water partition coefficient (Wildman–Crippen LogP) is 5.74. The van der Waals surface area contributed by atoms with E-state index in [2.05, 4.69) is 10.1 Å². The summed E-state index contributed by atoms with van der Waals surface area (Å²) in [4.78, 5) is 4.78.